The van der Waals surface area contributed by atoms with E-state index in [0.717, 1.165) is 48.8 Å². The monoisotopic (exact) mass is 527 g/mol. The highest BCUT2D eigenvalue weighted by Gasteiger charge is 2.01. The van der Waals surface area contributed by atoms with E-state index in [1.165, 1.54) is 81.8 Å². The van der Waals surface area contributed by atoms with Gasteiger partial charge in [-0.3, -0.25) is 4.99 Å². The molecule has 3 aromatic carbocycles. The SMILES string of the molecule is CCCCCCCCCCOc1ccc(C=Nc2ccc(-c3ccc(OCCCCCCC)cc3)cc2)cc1. The van der Waals surface area contributed by atoms with Gasteiger partial charge in [-0.1, -0.05) is 109 Å². The second-order valence-corrected chi connectivity index (χ2v) is 10.5. The quantitative estimate of drug-likeness (QED) is 0.108. The fourth-order valence-corrected chi connectivity index (χ4v) is 4.60. The summed E-state index contributed by atoms with van der Waals surface area (Å²) in [5.74, 6) is 1.88. The summed E-state index contributed by atoms with van der Waals surface area (Å²) in [6.45, 7) is 6.10. The van der Waals surface area contributed by atoms with Gasteiger partial charge in [0.15, 0.2) is 0 Å². The summed E-state index contributed by atoms with van der Waals surface area (Å²) in [5, 5.41) is 0. The number of hydrogen-bond donors (Lipinski definition) is 0. The van der Waals surface area contributed by atoms with Gasteiger partial charge in [0.05, 0.1) is 18.9 Å². The van der Waals surface area contributed by atoms with Crippen LogP contribution in [0.3, 0.4) is 0 Å². The first-order chi connectivity index (χ1) is 19.3. The predicted octanol–water partition coefficient (Wildman–Crippen LogP) is 11.0. The van der Waals surface area contributed by atoms with E-state index in [2.05, 4.69) is 79.5 Å². The Bertz CT molecular complexity index is 1040. The molecule has 39 heavy (non-hydrogen) atoms. The van der Waals surface area contributed by atoms with Gasteiger partial charge in [0.25, 0.3) is 0 Å². The molecular formula is C36H49NO2. The highest BCUT2D eigenvalue weighted by molar-refractivity contribution is 5.82. The molecule has 0 heterocycles. The fraction of sp³-hybridized carbons (Fsp3) is 0.472. The summed E-state index contributed by atoms with van der Waals surface area (Å²) in [4.78, 5) is 4.65. The van der Waals surface area contributed by atoms with Crippen LogP contribution in [0, 0.1) is 0 Å². The van der Waals surface area contributed by atoms with Crippen LogP contribution in [-0.4, -0.2) is 19.4 Å². The Hall–Kier alpha value is -3.07. The molecule has 0 saturated carbocycles. The van der Waals surface area contributed by atoms with Gasteiger partial charge in [0.1, 0.15) is 11.5 Å². The highest BCUT2D eigenvalue weighted by atomic mass is 16.5. The highest BCUT2D eigenvalue weighted by Crippen LogP contribution is 2.25. The molecule has 0 aliphatic carbocycles. The second kappa shape index (κ2) is 19.1. The van der Waals surface area contributed by atoms with Crippen LogP contribution in [-0.2, 0) is 0 Å². The molecule has 0 aliphatic rings. The van der Waals surface area contributed by atoms with Crippen molar-refractivity contribution in [2.24, 2.45) is 4.99 Å². The molecule has 3 rings (SSSR count). The van der Waals surface area contributed by atoms with Crippen LogP contribution in [0.2, 0.25) is 0 Å². The number of nitrogens with zero attached hydrogens (tertiary/aromatic N) is 1. The molecule has 0 spiro atoms. The van der Waals surface area contributed by atoms with E-state index in [9.17, 15) is 0 Å². The molecule has 0 radical (unpaired) electrons. The molecule has 0 bridgehead atoms. The standard InChI is InChI=1S/C36H49NO2/c1-3-5-7-9-10-11-13-15-29-38-35-24-16-31(17-25-35)30-37-34-22-18-32(19-23-34)33-20-26-36(27-21-33)39-28-14-12-8-6-4-2/h16-27,30H,3-15,28-29H2,1-2H3. The van der Waals surface area contributed by atoms with Crippen molar-refractivity contribution in [2.75, 3.05) is 13.2 Å². The van der Waals surface area contributed by atoms with Crippen LogP contribution in [0.1, 0.15) is 103 Å². The summed E-state index contributed by atoms with van der Waals surface area (Å²) in [6, 6.07) is 25.0. The maximum Gasteiger partial charge on any atom is 0.119 e. The van der Waals surface area contributed by atoms with Crippen molar-refractivity contribution in [1.82, 2.24) is 0 Å². The van der Waals surface area contributed by atoms with Crippen LogP contribution in [0.4, 0.5) is 5.69 Å². The number of hydrogen-bond acceptors (Lipinski definition) is 3. The second-order valence-electron chi connectivity index (χ2n) is 10.5. The van der Waals surface area contributed by atoms with Crippen molar-refractivity contribution in [2.45, 2.75) is 97.3 Å². The van der Waals surface area contributed by atoms with Crippen LogP contribution < -0.4 is 9.47 Å². The van der Waals surface area contributed by atoms with Crippen LogP contribution in [0.25, 0.3) is 11.1 Å². The van der Waals surface area contributed by atoms with E-state index in [1.54, 1.807) is 0 Å². The summed E-state index contributed by atoms with van der Waals surface area (Å²) >= 11 is 0. The molecule has 0 fully saturated rings. The van der Waals surface area contributed by atoms with Crippen LogP contribution >= 0.6 is 0 Å². The molecule has 0 amide bonds. The molecule has 3 nitrogen and oxygen atoms in total. The first kappa shape index (κ1) is 30.5. The van der Waals surface area contributed by atoms with Crippen LogP contribution in [0.5, 0.6) is 11.5 Å². The van der Waals surface area contributed by atoms with Gasteiger partial charge in [-0.05, 0) is 78.1 Å². The van der Waals surface area contributed by atoms with Gasteiger partial charge in [0.2, 0.25) is 0 Å². The smallest absolute Gasteiger partial charge is 0.119 e. The zero-order valence-electron chi connectivity index (χ0n) is 24.4. The average molecular weight is 528 g/mol. The van der Waals surface area contributed by atoms with E-state index in [1.807, 2.05) is 18.3 Å². The molecule has 0 aliphatic heterocycles. The van der Waals surface area contributed by atoms with Gasteiger partial charge < -0.3 is 9.47 Å². The molecule has 3 heteroatoms. The zero-order valence-corrected chi connectivity index (χ0v) is 24.4. The molecule has 3 aromatic rings. The Labute approximate surface area is 237 Å². The van der Waals surface area contributed by atoms with E-state index in [0.29, 0.717) is 0 Å². The maximum atomic E-state index is 5.92. The molecule has 0 unspecified atom stereocenters. The van der Waals surface area contributed by atoms with Gasteiger partial charge in [-0.15, -0.1) is 0 Å². The van der Waals surface area contributed by atoms with Crippen molar-refractivity contribution in [1.29, 1.82) is 0 Å². The Morgan fingerprint density at radius 2 is 0.897 bits per heavy atom. The average Bonchev–Trinajstić information content (AvgIpc) is 2.98. The van der Waals surface area contributed by atoms with Gasteiger partial charge in [-0.2, -0.15) is 0 Å². The van der Waals surface area contributed by atoms with E-state index < -0.39 is 0 Å². The summed E-state index contributed by atoms with van der Waals surface area (Å²) in [7, 11) is 0. The lowest BCUT2D eigenvalue weighted by atomic mass is 10.1. The number of rotatable bonds is 20. The summed E-state index contributed by atoms with van der Waals surface area (Å²) in [5.41, 5.74) is 4.37. The molecule has 0 aromatic heterocycles. The molecule has 0 saturated heterocycles. The fourth-order valence-electron chi connectivity index (χ4n) is 4.60. The zero-order chi connectivity index (χ0) is 27.4. The van der Waals surface area contributed by atoms with E-state index >= 15 is 0 Å². The number of benzene rings is 3. The van der Waals surface area contributed by atoms with E-state index in [4.69, 9.17) is 9.47 Å². The van der Waals surface area contributed by atoms with Crippen molar-refractivity contribution in [3.63, 3.8) is 0 Å². The molecule has 0 atom stereocenters. The van der Waals surface area contributed by atoms with Gasteiger partial charge in [-0.25, -0.2) is 0 Å². The molecule has 210 valence electrons. The minimum Gasteiger partial charge on any atom is -0.494 e. The van der Waals surface area contributed by atoms with Crippen molar-refractivity contribution in [3.8, 4) is 22.6 Å². The minimum absolute atomic E-state index is 0.795. The Kier molecular flexibility index (Phi) is 14.9. The molecular weight excluding hydrogens is 478 g/mol. The topological polar surface area (TPSA) is 30.8 Å². The van der Waals surface area contributed by atoms with Gasteiger partial charge >= 0.3 is 0 Å². The number of aliphatic imine (C=N–C) groups is 1. The summed E-state index contributed by atoms with van der Waals surface area (Å²) < 4.78 is 11.8. The third kappa shape index (κ3) is 12.6. The van der Waals surface area contributed by atoms with Crippen LogP contribution in [0.15, 0.2) is 77.8 Å². The van der Waals surface area contributed by atoms with E-state index in [-0.39, 0.29) is 0 Å². The lowest BCUT2D eigenvalue weighted by Gasteiger charge is -2.08. The molecule has 0 N–H and O–H groups in total. The van der Waals surface area contributed by atoms with Gasteiger partial charge in [0, 0.05) is 6.21 Å². The predicted molar refractivity (Wildman–Crippen MR) is 168 cm³/mol. The minimum atomic E-state index is 0.795. The van der Waals surface area contributed by atoms with Crippen molar-refractivity contribution in [3.05, 3.63) is 78.4 Å². The number of ether oxygens (including phenoxy) is 2. The Balaban J connectivity index is 1.36. The first-order valence-corrected chi connectivity index (χ1v) is 15.4. The lowest BCUT2D eigenvalue weighted by molar-refractivity contribution is 0.304. The normalized spacial score (nSPS) is 11.2. The number of unbranched alkanes of at least 4 members (excludes halogenated alkanes) is 11. The first-order valence-electron chi connectivity index (χ1n) is 15.4. The van der Waals surface area contributed by atoms with Crippen molar-refractivity contribution >= 4 is 11.9 Å². The summed E-state index contributed by atoms with van der Waals surface area (Å²) in [6.07, 6.45) is 18.7. The maximum absolute atomic E-state index is 5.92. The van der Waals surface area contributed by atoms with Crippen molar-refractivity contribution < 1.29 is 9.47 Å². The Morgan fingerprint density at radius 1 is 0.487 bits per heavy atom. The third-order valence-electron chi connectivity index (χ3n) is 7.08. The largest absolute Gasteiger partial charge is 0.494 e. The third-order valence-corrected chi connectivity index (χ3v) is 7.08. The lowest BCUT2D eigenvalue weighted by Crippen LogP contribution is -1.97. The Morgan fingerprint density at radius 3 is 1.38 bits per heavy atom.